The fourth-order valence-corrected chi connectivity index (χ4v) is 3.43. The molecular formula is C15H20N2O3S. The lowest BCUT2D eigenvalue weighted by molar-refractivity contribution is -0.131. The summed E-state index contributed by atoms with van der Waals surface area (Å²) < 4.78 is 0. The molecule has 1 amide bonds. The van der Waals surface area contributed by atoms with Crippen LogP contribution in [0.15, 0.2) is 17.5 Å². The second-order valence-electron chi connectivity index (χ2n) is 5.34. The molecule has 1 aliphatic rings. The predicted molar refractivity (Wildman–Crippen MR) is 83.6 cm³/mol. The second kappa shape index (κ2) is 6.87. The average Bonchev–Trinajstić information content (AvgIpc) is 2.81. The third kappa shape index (κ3) is 3.92. The van der Waals surface area contributed by atoms with Crippen LogP contribution in [0.2, 0.25) is 0 Å². The van der Waals surface area contributed by atoms with Gasteiger partial charge in [-0.05, 0) is 50.0 Å². The molecule has 2 rings (SSSR count). The van der Waals surface area contributed by atoms with E-state index in [1.54, 1.807) is 6.07 Å². The Morgan fingerprint density at radius 3 is 2.90 bits per heavy atom. The van der Waals surface area contributed by atoms with E-state index in [2.05, 4.69) is 18.9 Å². The van der Waals surface area contributed by atoms with E-state index in [1.807, 2.05) is 10.3 Å². The Kier molecular flexibility index (Phi) is 5.14. The Morgan fingerprint density at radius 1 is 1.43 bits per heavy atom. The van der Waals surface area contributed by atoms with Gasteiger partial charge in [0.1, 0.15) is 0 Å². The number of amides is 1. The summed E-state index contributed by atoms with van der Waals surface area (Å²) in [7, 11) is 2.07. The molecule has 0 spiro atoms. The van der Waals surface area contributed by atoms with Gasteiger partial charge in [0.15, 0.2) is 0 Å². The number of hydrogen-bond donors (Lipinski definition) is 1. The lowest BCUT2D eigenvalue weighted by Crippen LogP contribution is -2.41. The molecule has 1 aliphatic heterocycles. The first kappa shape index (κ1) is 15.7. The Labute approximate surface area is 128 Å². The number of carbonyl (C=O) groups excluding carboxylic acids is 1. The van der Waals surface area contributed by atoms with E-state index < -0.39 is 5.97 Å². The SMILES string of the molecule is CC1CN(C)CCCN1C(=O)c1sccc1/C=C/C(=O)O. The maximum atomic E-state index is 12.7. The predicted octanol–water partition coefficient (Wildman–Crippen LogP) is 2.01. The summed E-state index contributed by atoms with van der Waals surface area (Å²) in [4.78, 5) is 28.1. The van der Waals surface area contributed by atoms with Gasteiger partial charge in [-0.15, -0.1) is 11.3 Å². The molecule has 0 aromatic carbocycles. The molecule has 0 bridgehead atoms. The molecule has 1 aromatic rings. The van der Waals surface area contributed by atoms with Gasteiger partial charge < -0.3 is 14.9 Å². The minimum atomic E-state index is -1.01. The number of carboxylic acid groups (broad SMARTS) is 1. The molecule has 2 heterocycles. The number of hydrogen-bond acceptors (Lipinski definition) is 4. The van der Waals surface area contributed by atoms with Crippen molar-refractivity contribution in [2.24, 2.45) is 0 Å². The van der Waals surface area contributed by atoms with Crippen LogP contribution in [-0.2, 0) is 4.79 Å². The van der Waals surface area contributed by atoms with Gasteiger partial charge in [0.05, 0.1) is 4.88 Å². The zero-order valence-corrected chi connectivity index (χ0v) is 13.1. The summed E-state index contributed by atoms with van der Waals surface area (Å²) in [6, 6.07) is 1.94. The van der Waals surface area contributed by atoms with Crippen LogP contribution in [0.4, 0.5) is 0 Å². The van der Waals surface area contributed by atoms with Crippen LogP contribution in [0.5, 0.6) is 0 Å². The number of carbonyl (C=O) groups is 2. The fourth-order valence-electron chi connectivity index (χ4n) is 2.59. The molecule has 1 fully saturated rings. The molecular weight excluding hydrogens is 288 g/mol. The zero-order chi connectivity index (χ0) is 15.4. The molecule has 1 unspecified atom stereocenters. The van der Waals surface area contributed by atoms with E-state index >= 15 is 0 Å². The molecule has 0 saturated carbocycles. The molecule has 6 heteroatoms. The smallest absolute Gasteiger partial charge is 0.328 e. The summed E-state index contributed by atoms with van der Waals surface area (Å²) in [5.41, 5.74) is 0.678. The number of nitrogens with zero attached hydrogens (tertiary/aromatic N) is 2. The molecule has 1 saturated heterocycles. The van der Waals surface area contributed by atoms with Crippen LogP contribution < -0.4 is 0 Å². The van der Waals surface area contributed by atoms with Crippen molar-refractivity contribution in [3.63, 3.8) is 0 Å². The van der Waals surface area contributed by atoms with Gasteiger partial charge in [0, 0.05) is 25.2 Å². The van der Waals surface area contributed by atoms with Gasteiger partial charge in [0.25, 0.3) is 5.91 Å². The summed E-state index contributed by atoms with van der Waals surface area (Å²) in [5, 5.41) is 10.5. The van der Waals surface area contributed by atoms with Gasteiger partial charge >= 0.3 is 5.97 Å². The van der Waals surface area contributed by atoms with Crippen LogP contribution in [0, 0.1) is 0 Å². The van der Waals surface area contributed by atoms with Crippen molar-refractivity contribution < 1.29 is 14.7 Å². The second-order valence-corrected chi connectivity index (χ2v) is 6.26. The normalized spacial score (nSPS) is 20.7. The van der Waals surface area contributed by atoms with Crippen molar-refractivity contribution in [1.29, 1.82) is 0 Å². The quantitative estimate of drug-likeness (QED) is 0.868. The molecule has 0 aliphatic carbocycles. The topological polar surface area (TPSA) is 60.9 Å². The number of aliphatic carboxylic acids is 1. The summed E-state index contributed by atoms with van der Waals surface area (Å²) >= 11 is 1.36. The Morgan fingerprint density at radius 2 is 2.19 bits per heavy atom. The van der Waals surface area contributed by atoms with Gasteiger partial charge in [-0.25, -0.2) is 4.79 Å². The molecule has 21 heavy (non-hydrogen) atoms. The van der Waals surface area contributed by atoms with E-state index in [0.717, 1.165) is 32.1 Å². The van der Waals surface area contributed by atoms with Gasteiger partial charge in [-0.2, -0.15) is 0 Å². The van der Waals surface area contributed by atoms with Crippen LogP contribution in [0.3, 0.4) is 0 Å². The molecule has 114 valence electrons. The van der Waals surface area contributed by atoms with E-state index in [0.29, 0.717) is 10.4 Å². The van der Waals surface area contributed by atoms with Gasteiger partial charge in [0.2, 0.25) is 0 Å². The highest BCUT2D eigenvalue weighted by molar-refractivity contribution is 7.12. The lowest BCUT2D eigenvalue weighted by Gasteiger charge is -2.27. The summed E-state index contributed by atoms with van der Waals surface area (Å²) in [6.45, 7) is 4.65. The van der Waals surface area contributed by atoms with Crippen LogP contribution >= 0.6 is 11.3 Å². The first-order valence-electron chi connectivity index (χ1n) is 6.97. The van der Waals surface area contributed by atoms with E-state index in [1.165, 1.54) is 17.4 Å². The van der Waals surface area contributed by atoms with Crippen molar-refractivity contribution in [2.45, 2.75) is 19.4 Å². The van der Waals surface area contributed by atoms with Gasteiger partial charge in [-0.1, -0.05) is 0 Å². The summed E-state index contributed by atoms with van der Waals surface area (Å²) in [5.74, 6) is -1.01. The number of likely N-dealkylation sites (N-methyl/N-ethyl adjacent to an activating group) is 1. The van der Waals surface area contributed by atoms with Crippen LogP contribution in [-0.4, -0.2) is 59.5 Å². The minimum absolute atomic E-state index is 0.00200. The monoisotopic (exact) mass is 308 g/mol. The van der Waals surface area contributed by atoms with Gasteiger partial charge in [-0.3, -0.25) is 4.79 Å². The first-order valence-corrected chi connectivity index (χ1v) is 7.85. The molecule has 5 nitrogen and oxygen atoms in total. The van der Waals surface area contributed by atoms with Crippen molar-refractivity contribution in [3.05, 3.63) is 28.0 Å². The lowest BCUT2D eigenvalue weighted by atomic mass is 10.2. The fraction of sp³-hybridized carbons (Fsp3) is 0.467. The average molecular weight is 308 g/mol. The Bertz CT molecular complexity index is 553. The summed E-state index contributed by atoms with van der Waals surface area (Å²) in [6.07, 6.45) is 3.51. The van der Waals surface area contributed by atoms with Crippen molar-refractivity contribution >= 4 is 29.3 Å². The van der Waals surface area contributed by atoms with Crippen LogP contribution in [0.25, 0.3) is 6.08 Å². The molecule has 1 atom stereocenters. The Balaban J connectivity index is 2.19. The standard InChI is InChI=1S/C15H20N2O3S/c1-11-10-16(2)7-3-8-17(11)15(20)14-12(6-9-21-14)4-5-13(18)19/h4-6,9,11H,3,7-8,10H2,1-2H3,(H,18,19)/b5-4+. The van der Waals surface area contributed by atoms with Crippen molar-refractivity contribution in [3.8, 4) is 0 Å². The van der Waals surface area contributed by atoms with Crippen LogP contribution in [0.1, 0.15) is 28.6 Å². The third-order valence-electron chi connectivity index (χ3n) is 3.60. The molecule has 1 N–H and O–H groups in total. The maximum absolute atomic E-state index is 12.7. The van der Waals surface area contributed by atoms with E-state index in [-0.39, 0.29) is 11.9 Å². The van der Waals surface area contributed by atoms with Crippen molar-refractivity contribution in [1.82, 2.24) is 9.80 Å². The molecule has 0 radical (unpaired) electrons. The Hall–Kier alpha value is -1.66. The first-order chi connectivity index (χ1) is 9.99. The highest BCUT2D eigenvalue weighted by atomic mass is 32.1. The maximum Gasteiger partial charge on any atom is 0.328 e. The number of carboxylic acids is 1. The number of rotatable bonds is 3. The largest absolute Gasteiger partial charge is 0.478 e. The van der Waals surface area contributed by atoms with E-state index in [4.69, 9.17) is 5.11 Å². The zero-order valence-electron chi connectivity index (χ0n) is 12.3. The highest BCUT2D eigenvalue weighted by Crippen LogP contribution is 2.22. The van der Waals surface area contributed by atoms with E-state index in [9.17, 15) is 9.59 Å². The minimum Gasteiger partial charge on any atom is -0.478 e. The molecule has 1 aromatic heterocycles. The number of thiophene rings is 1. The third-order valence-corrected chi connectivity index (χ3v) is 4.52. The van der Waals surface area contributed by atoms with Crippen molar-refractivity contribution in [2.75, 3.05) is 26.7 Å². The highest BCUT2D eigenvalue weighted by Gasteiger charge is 2.26.